The minimum Gasteiger partial charge on any atom is -0.421 e. The van der Waals surface area contributed by atoms with Crippen molar-refractivity contribution in [1.82, 2.24) is 10.2 Å². The van der Waals surface area contributed by atoms with E-state index in [4.69, 9.17) is 9.52 Å². The molecule has 2 rings (SSSR count). The lowest BCUT2D eigenvalue weighted by Gasteiger charge is -2.10. The summed E-state index contributed by atoms with van der Waals surface area (Å²) in [5.41, 5.74) is 1.69. The number of aliphatic hydroxyl groups excluding tert-OH is 2. The van der Waals surface area contributed by atoms with Gasteiger partial charge >= 0.3 is 0 Å². The van der Waals surface area contributed by atoms with E-state index in [1.165, 1.54) is 0 Å². The van der Waals surface area contributed by atoms with E-state index in [0.717, 1.165) is 11.3 Å². The van der Waals surface area contributed by atoms with Gasteiger partial charge in [0.15, 0.2) is 0 Å². The molecule has 0 aliphatic rings. The Hall–Kier alpha value is -1.92. The van der Waals surface area contributed by atoms with Crippen LogP contribution in [0.3, 0.4) is 0 Å². The zero-order valence-corrected chi connectivity index (χ0v) is 10.00. The van der Waals surface area contributed by atoms with Gasteiger partial charge in [-0.1, -0.05) is 0 Å². The third-order valence-corrected chi connectivity index (χ3v) is 2.41. The van der Waals surface area contributed by atoms with Crippen molar-refractivity contribution < 1.29 is 14.6 Å². The average molecular weight is 249 g/mol. The Balaban J connectivity index is 2.01. The molecule has 1 aromatic heterocycles. The summed E-state index contributed by atoms with van der Waals surface area (Å²) in [6.45, 7) is 1.78. The molecule has 0 spiro atoms. The van der Waals surface area contributed by atoms with Crippen molar-refractivity contribution in [3.8, 4) is 11.5 Å². The van der Waals surface area contributed by atoms with Crippen LogP contribution >= 0.6 is 0 Å². The lowest BCUT2D eigenvalue weighted by atomic mass is 10.2. The first kappa shape index (κ1) is 12.5. The topological polar surface area (TPSA) is 91.4 Å². The second-order valence-corrected chi connectivity index (χ2v) is 3.92. The van der Waals surface area contributed by atoms with E-state index in [1.807, 2.05) is 24.3 Å². The van der Waals surface area contributed by atoms with E-state index >= 15 is 0 Å². The van der Waals surface area contributed by atoms with Gasteiger partial charge in [-0.05, 0) is 24.3 Å². The Kier molecular flexibility index (Phi) is 3.91. The SMILES string of the molecule is Cc1nnc(-c2ccc(NCC(O)CO)cc2)o1. The number of benzene rings is 1. The van der Waals surface area contributed by atoms with Crippen LogP contribution in [0.2, 0.25) is 0 Å². The first-order chi connectivity index (χ1) is 8.69. The summed E-state index contributed by atoms with van der Waals surface area (Å²) in [6, 6.07) is 7.39. The van der Waals surface area contributed by atoms with Crippen molar-refractivity contribution >= 4 is 5.69 Å². The van der Waals surface area contributed by atoms with Gasteiger partial charge in [0.1, 0.15) is 0 Å². The quantitative estimate of drug-likeness (QED) is 0.726. The summed E-state index contributed by atoms with van der Waals surface area (Å²) in [5.74, 6) is 1.01. The van der Waals surface area contributed by atoms with Gasteiger partial charge < -0.3 is 19.9 Å². The molecular weight excluding hydrogens is 234 g/mol. The molecule has 0 radical (unpaired) electrons. The molecule has 3 N–H and O–H groups in total. The highest BCUT2D eigenvalue weighted by atomic mass is 16.4. The first-order valence-electron chi connectivity index (χ1n) is 5.62. The Morgan fingerprint density at radius 3 is 2.56 bits per heavy atom. The largest absolute Gasteiger partial charge is 0.421 e. The molecule has 96 valence electrons. The summed E-state index contributed by atoms with van der Waals surface area (Å²) in [6.07, 6.45) is -0.761. The van der Waals surface area contributed by atoms with Gasteiger partial charge in [-0.25, -0.2) is 0 Å². The summed E-state index contributed by atoms with van der Waals surface area (Å²) < 4.78 is 5.31. The fourth-order valence-electron chi connectivity index (χ4n) is 1.44. The maximum absolute atomic E-state index is 9.21. The Morgan fingerprint density at radius 1 is 1.28 bits per heavy atom. The monoisotopic (exact) mass is 249 g/mol. The van der Waals surface area contributed by atoms with Crippen LogP contribution < -0.4 is 5.32 Å². The van der Waals surface area contributed by atoms with Crippen molar-refractivity contribution in [2.24, 2.45) is 0 Å². The molecule has 1 unspecified atom stereocenters. The third-order valence-electron chi connectivity index (χ3n) is 2.41. The van der Waals surface area contributed by atoms with Crippen LogP contribution in [0.4, 0.5) is 5.69 Å². The Morgan fingerprint density at radius 2 is 2.00 bits per heavy atom. The molecule has 0 aliphatic carbocycles. The number of nitrogens with zero attached hydrogens (tertiary/aromatic N) is 2. The van der Waals surface area contributed by atoms with E-state index in [-0.39, 0.29) is 6.61 Å². The number of aryl methyl sites for hydroxylation is 1. The summed E-state index contributed by atoms with van der Waals surface area (Å²) in [7, 11) is 0. The summed E-state index contributed by atoms with van der Waals surface area (Å²) in [4.78, 5) is 0. The van der Waals surface area contributed by atoms with Gasteiger partial charge in [-0.15, -0.1) is 10.2 Å². The number of aromatic nitrogens is 2. The van der Waals surface area contributed by atoms with E-state index in [0.29, 0.717) is 18.3 Å². The molecule has 0 saturated heterocycles. The first-order valence-corrected chi connectivity index (χ1v) is 5.62. The van der Waals surface area contributed by atoms with Crippen molar-refractivity contribution in [2.75, 3.05) is 18.5 Å². The van der Waals surface area contributed by atoms with Crippen LogP contribution in [0, 0.1) is 6.92 Å². The van der Waals surface area contributed by atoms with E-state index < -0.39 is 6.10 Å². The third kappa shape index (κ3) is 3.06. The van der Waals surface area contributed by atoms with E-state index in [9.17, 15) is 5.11 Å². The number of aliphatic hydroxyl groups is 2. The molecule has 0 saturated carbocycles. The summed E-state index contributed by atoms with van der Waals surface area (Å²) in [5, 5.41) is 28.6. The molecule has 2 aromatic rings. The normalized spacial score (nSPS) is 12.4. The lowest BCUT2D eigenvalue weighted by Crippen LogP contribution is -2.22. The second-order valence-electron chi connectivity index (χ2n) is 3.92. The highest BCUT2D eigenvalue weighted by Gasteiger charge is 2.06. The van der Waals surface area contributed by atoms with Crippen molar-refractivity contribution in [3.05, 3.63) is 30.2 Å². The molecule has 0 aliphatic heterocycles. The van der Waals surface area contributed by atoms with Crippen molar-refractivity contribution in [3.63, 3.8) is 0 Å². The standard InChI is InChI=1S/C12H15N3O3/c1-8-14-15-12(18-8)9-2-4-10(5-3-9)13-6-11(17)7-16/h2-5,11,13,16-17H,6-7H2,1H3. The Labute approximate surface area is 104 Å². The average Bonchev–Trinajstić information content (AvgIpc) is 2.83. The maximum Gasteiger partial charge on any atom is 0.247 e. The van der Waals surface area contributed by atoms with Gasteiger partial charge in [-0.2, -0.15) is 0 Å². The van der Waals surface area contributed by atoms with Gasteiger partial charge in [0.25, 0.3) is 0 Å². The van der Waals surface area contributed by atoms with Gasteiger partial charge in [0, 0.05) is 24.7 Å². The van der Waals surface area contributed by atoms with Crippen LogP contribution in [0.1, 0.15) is 5.89 Å². The Bertz CT molecular complexity index is 496. The molecule has 0 amide bonds. The molecule has 6 heteroatoms. The number of hydrogen-bond donors (Lipinski definition) is 3. The zero-order valence-electron chi connectivity index (χ0n) is 10.00. The fraction of sp³-hybridized carbons (Fsp3) is 0.333. The minimum atomic E-state index is -0.761. The molecule has 6 nitrogen and oxygen atoms in total. The van der Waals surface area contributed by atoms with Crippen LogP contribution in [0.5, 0.6) is 0 Å². The molecule has 0 fully saturated rings. The van der Waals surface area contributed by atoms with E-state index in [1.54, 1.807) is 6.92 Å². The van der Waals surface area contributed by atoms with Crippen LogP contribution in [-0.4, -0.2) is 39.7 Å². The van der Waals surface area contributed by atoms with Gasteiger partial charge in [0.2, 0.25) is 11.8 Å². The number of rotatable bonds is 5. The lowest BCUT2D eigenvalue weighted by molar-refractivity contribution is 0.105. The second kappa shape index (κ2) is 5.61. The highest BCUT2D eigenvalue weighted by molar-refractivity contribution is 5.58. The number of hydrogen-bond acceptors (Lipinski definition) is 6. The molecular formula is C12H15N3O3. The predicted molar refractivity (Wildman–Crippen MR) is 66.1 cm³/mol. The predicted octanol–water partition coefficient (Wildman–Crippen LogP) is 0.810. The maximum atomic E-state index is 9.21. The minimum absolute atomic E-state index is 0.258. The van der Waals surface area contributed by atoms with Gasteiger partial charge in [-0.3, -0.25) is 0 Å². The summed E-state index contributed by atoms with van der Waals surface area (Å²) >= 11 is 0. The van der Waals surface area contributed by atoms with Crippen LogP contribution in [0.15, 0.2) is 28.7 Å². The number of anilines is 1. The van der Waals surface area contributed by atoms with Crippen molar-refractivity contribution in [1.29, 1.82) is 0 Å². The fourth-order valence-corrected chi connectivity index (χ4v) is 1.44. The number of nitrogens with one attached hydrogen (secondary N) is 1. The van der Waals surface area contributed by atoms with Gasteiger partial charge in [0.05, 0.1) is 12.7 Å². The smallest absolute Gasteiger partial charge is 0.247 e. The zero-order chi connectivity index (χ0) is 13.0. The molecule has 18 heavy (non-hydrogen) atoms. The van der Waals surface area contributed by atoms with Crippen LogP contribution in [-0.2, 0) is 0 Å². The van der Waals surface area contributed by atoms with E-state index in [2.05, 4.69) is 15.5 Å². The molecule has 1 heterocycles. The molecule has 0 bridgehead atoms. The van der Waals surface area contributed by atoms with Crippen LogP contribution in [0.25, 0.3) is 11.5 Å². The highest BCUT2D eigenvalue weighted by Crippen LogP contribution is 2.19. The molecule has 1 aromatic carbocycles. The van der Waals surface area contributed by atoms with Crippen molar-refractivity contribution in [2.45, 2.75) is 13.0 Å². The molecule has 1 atom stereocenters.